The average Bonchev–Trinajstić information content (AvgIpc) is 2.64. The standard InChI is InChI=1S/C22H28FN3O3S/c1-22(2)14-21(27)24-20-10-9-17(13-18(20)22)30(28,29)25-19(11-12-26(3)4)15-5-7-16(23)8-6-15/h5-10,13,19,25H,11-12,14H2,1-4H3,(H,24,27). The Hall–Kier alpha value is -2.29. The van der Waals surface area contributed by atoms with Gasteiger partial charge in [-0.15, -0.1) is 0 Å². The molecule has 162 valence electrons. The molecule has 6 nitrogen and oxygen atoms in total. The first-order chi connectivity index (χ1) is 14.0. The van der Waals surface area contributed by atoms with Crippen LogP contribution in [0.15, 0.2) is 47.4 Å². The predicted molar refractivity (Wildman–Crippen MR) is 115 cm³/mol. The van der Waals surface area contributed by atoms with Gasteiger partial charge in [0.05, 0.1) is 4.90 Å². The number of rotatable bonds is 7. The minimum absolute atomic E-state index is 0.0821. The summed E-state index contributed by atoms with van der Waals surface area (Å²) in [5.74, 6) is -0.451. The van der Waals surface area contributed by atoms with E-state index in [9.17, 15) is 17.6 Å². The Labute approximate surface area is 177 Å². The molecular weight excluding hydrogens is 405 g/mol. The van der Waals surface area contributed by atoms with Gasteiger partial charge in [0.2, 0.25) is 15.9 Å². The molecule has 0 saturated heterocycles. The van der Waals surface area contributed by atoms with Gasteiger partial charge in [-0.2, -0.15) is 0 Å². The van der Waals surface area contributed by atoms with E-state index in [2.05, 4.69) is 10.0 Å². The van der Waals surface area contributed by atoms with Crippen LogP contribution in [0.5, 0.6) is 0 Å². The van der Waals surface area contributed by atoms with Crippen molar-refractivity contribution in [3.8, 4) is 0 Å². The number of nitrogens with one attached hydrogen (secondary N) is 2. The van der Waals surface area contributed by atoms with Crippen molar-refractivity contribution in [2.24, 2.45) is 0 Å². The van der Waals surface area contributed by atoms with Crippen LogP contribution in [0.4, 0.5) is 10.1 Å². The lowest BCUT2D eigenvalue weighted by Gasteiger charge is -2.32. The second kappa shape index (κ2) is 8.45. The van der Waals surface area contributed by atoms with E-state index in [1.807, 2.05) is 32.8 Å². The van der Waals surface area contributed by atoms with Crippen LogP contribution in [-0.2, 0) is 20.2 Å². The van der Waals surface area contributed by atoms with Gasteiger partial charge < -0.3 is 10.2 Å². The molecule has 1 atom stereocenters. The van der Waals surface area contributed by atoms with Crippen molar-refractivity contribution in [1.82, 2.24) is 9.62 Å². The first-order valence-corrected chi connectivity index (χ1v) is 11.3. The molecular formula is C22H28FN3O3S. The number of nitrogens with zero attached hydrogens (tertiary/aromatic N) is 1. The Bertz CT molecular complexity index is 1030. The van der Waals surface area contributed by atoms with Crippen molar-refractivity contribution < 1.29 is 17.6 Å². The normalized spacial score (nSPS) is 16.8. The summed E-state index contributed by atoms with van der Waals surface area (Å²) in [6, 6.07) is 10.1. The molecule has 2 aromatic carbocycles. The van der Waals surface area contributed by atoms with Crippen LogP contribution in [0.1, 0.15) is 43.9 Å². The molecule has 0 spiro atoms. The van der Waals surface area contributed by atoms with E-state index < -0.39 is 21.5 Å². The largest absolute Gasteiger partial charge is 0.326 e. The predicted octanol–water partition coefficient (Wildman–Crippen LogP) is 3.42. The molecule has 1 aliphatic rings. The highest BCUT2D eigenvalue weighted by Crippen LogP contribution is 2.38. The topological polar surface area (TPSA) is 78.5 Å². The minimum Gasteiger partial charge on any atom is -0.326 e. The number of fused-ring (bicyclic) bond motifs is 1. The summed E-state index contributed by atoms with van der Waals surface area (Å²) >= 11 is 0. The first-order valence-electron chi connectivity index (χ1n) is 9.85. The maximum atomic E-state index is 13.4. The van der Waals surface area contributed by atoms with Gasteiger partial charge in [-0.3, -0.25) is 4.79 Å². The van der Waals surface area contributed by atoms with Crippen LogP contribution >= 0.6 is 0 Å². The summed E-state index contributed by atoms with van der Waals surface area (Å²) in [4.78, 5) is 14.0. The number of hydrogen-bond donors (Lipinski definition) is 2. The molecule has 2 N–H and O–H groups in total. The fourth-order valence-corrected chi connectivity index (χ4v) is 4.97. The molecule has 30 heavy (non-hydrogen) atoms. The number of sulfonamides is 1. The van der Waals surface area contributed by atoms with Crippen molar-refractivity contribution in [1.29, 1.82) is 0 Å². The van der Waals surface area contributed by atoms with E-state index >= 15 is 0 Å². The van der Waals surface area contributed by atoms with Gasteiger partial charge in [0.15, 0.2) is 0 Å². The second-order valence-corrected chi connectivity index (χ2v) is 10.3. The third-order valence-corrected chi connectivity index (χ3v) is 6.81. The first kappa shape index (κ1) is 22.4. The van der Waals surface area contributed by atoms with Crippen LogP contribution in [-0.4, -0.2) is 39.9 Å². The van der Waals surface area contributed by atoms with E-state index in [1.165, 1.54) is 18.2 Å². The summed E-state index contributed by atoms with van der Waals surface area (Å²) in [7, 11) is -0.0123. The molecule has 0 aromatic heterocycles. The number of anilines is 1. The number of carbonyl (C=O) groups excluding carboxylic acids is 1. The number of halogens is 1. The fourth-order valence-electron chi connectivity index (χ4n) is 3.68. The number of carbonyl (C=O) groups is 1. The Balaban J connectivity index is 1.93. The van der Waals surface area contributed by atoms with Crippen LogP contribution in [0.2, 0.25) is 0 Å². The summed E-state index contributed by atoms with van der Waals surface area (Å²) < 4.78 is 42.5. The third kappa shape index (κ3) is 5.06. The van der Waals surface area contributed by atoms with Gasteiger partial charge in [-0.1, -0.05) is 26.0 Å². The Morgan fingerprint density at radius 2 is 1.83 bits per heavy atom. The Kier molecular flexibility index (Phi) is 6.31. The maximum Gasteiger partial charge on any atom is 0.241 e. The van der Waals surface area contributed by atoms with E-state index in [1.54, 1.807) is 24.3 Å². The van der Waals surface area contributed by atoms with Gasteiger partial charge in [-0.05, 0) is 68.5 Å². The van der Waals surface area contributed by atoms with Crippen LogP contribution in [0.25, 0.3) is 0 Å². The quantitative estimate of drug-likeness (QED) is 0.701. The van der Waals surface area contributed by atoms with E-state index in [4.69, 9.17) is 0 Å². The van der Waals surface area contributed by atoms with Gasteiger partial charge in [0.25, 0.3) is 0 Å². The second-order valence-electron chi connectivity index (χ2n) is 8.63. The van der Waals surface area contributed by atoms with Gasteiger partial charge in [0.1, 0.15) is 5.82 Å². The zero-order valence-electron chi connectivity index (χ0n) is 17.7. The number of benzene rings is 2. The van der Waals surface area contributed by atoms with Crippen molar-refractivity contribution in [2.45, 2.75) is 43.0 Å². The smallest absolute Gasteiger partial charge is 0.241 e. The van der Waals surface area contributed by atoms with Crippen molar-refractivity contribution in [3.63, 3.8) is 0 Å². The molecule has 1 heterocycles. The van der Waals surface area contributed by atoms with Crippen LogP contribution < -0.4 is 10.0 Å². The average molecular weight is 434 g/mol. The molecule has 1 amide bonds. The van der Waals surface area contributed by atoms with Crippen molar-refractivity contribution in [3.05, 3.63) is 59.4 Å². The van der Waals surface area contributed by atoms with E-state index in [-0.39, 0.29) is 23.0 Å². The number of hydrogen-bond acceptors (Lipinski definition) is 4. The maximum absolute atomic E-state index is 13.4. The molecule has 0 bridgehead atoms. The summed E-state index contributed by atoms with van der Waals surface area (Å²) in [6.45, 7) is 4.51. The molecule has 1 unspecified atom stereocenters. The monoisotopic (exact) mass is 433 g/mol. The van der Waals surface area contributed by atoms with E-state index in [0.29, 0.717) is 24.2 Å². The lowest BCUT2D eigenvalue weighted by Crippen LogP contribution is -2.34. The highest BCUT2D eigenvalue weighted by molar-refractivity contribution is 7.89. The van der Waals surface area contributed by atoms with Crippen LogP contribution in [0.3, 0.4) is 0 Å². The molecule has 0 radical (unpaired) electrons. The Morgan fingerprint density at radius 3 is 2.47 bits per heavy atom. The lowest BCUT2D eigenvalue weighted by molar-refractivity contribution is -0.117. The summed E-state index contributed by atoms with van der Waals surface area (Å²) in [5, 5.41) is 2.80. The molecule has 0 fully saturated rings. The highest BCUT2D eigenvalue weighted by Gasteiger charge is 2.33. The minimum atomic E-state index is -3.84. The van der Waals surface area contributed by atoms with Crippen molar-refractivity contribution in [2.75, 3.05) is 26.0 Å². The molecule has 2 aromatic rings. The molecule has 1 aliphatic heterocycles. The SMILES string of the molecule is CN(C)CCC(NS(=O)(=O)c1ccc2c(c1)C(C)(C)CC(=O)N2)c1ccc(F)cc1. The highest BCUT2D eigenvalue weighted by atomic mass is 32.2. The summed E-state index contributed by atoms with van der Waals surface area (Å²) in [5.41, 5.74) is 1.66. The molecule has 3 rings (SSSR count). The number of amides is 1. The summed E-state index contributed by atoms with van der Waals surface area (Å²) in [6.07, 6.45) is 0.822. The van der Waals surface area contributed by atoms with E-state index in [0.717, 1.165) is 5.56 Å². The Morgan fingerprint density at radius 1 is 1.17 bits per heavy atom. The zero-order valence-corrected chi connectivity index (χ0v) is 18.5. The van der Waals surface area contributed by atoms with Gasteiger partial charge in [0, 0.05) is 23.6 Å². The van der Waals surface area contributed by atoms with Crippen LogP contribution in [0, 0.1) is 5.82 Å². The van der Waals surface area contributed by atoms with Crippen molar-refractivity contribution >= 4 is 21.6 Å². The third-order valence-electron chi connectivity index (χ3n) is 5.34. The molecule has 0 aliphatic carbocycles. The molecule has 0 saturated carbocycles. The lowest BCUT2D eigenvalue weighted by atomic mass is 9.78. The molecule has 8 heteroatoms. The van der Waals surface area contributed by atoms with Gasteiger partial charge >= 0.3 is 0 Å². The zero-order chi connectivity index (χ0) is 22.1. The van der Waals surface area contributed by atoms with Gasteiger partial charge in [-0.25, -0.2) is 17.5 Å². The fraction of sp³-hybridized carbons (Fsp3) is 0.409.